The average molecular weight is 370 g/mol. The molecule has 0 saturated heterocycles. The number of nitrogens with two attached hydrogens (primary N) is 1. The van der Waals surface area contributed by atoms with E-state index in [2.05, 4.69) is 21.4 Å². The fourth-order valence-corrected chi connectivity index (χ4v) is 4.59. The molecule has 0 radical (unpaired) electrons. The fraction of sp³-hybridized carbons (Fsp3) is 0.421. The Morgan fingerprint density at radius 3 is 2.62 bits per heavy atom. The van der Waals surface area contributed by atoms with E-state index in [0.717, 1.165) is 58.9 Å². The summed E-state index contributed by atoms with van der Waals surface area (Å²) in [5, 5.41) is 8.20. The highest BCUT2D eigenvalue weighted by atomic mass is 32.2. The zero-order valence-electron chi connectivity index (χ0n) is 15.0. The van der Waals surface area contributed by atoms with Crippen molar-refractivity contribution >= 4 is 11.8 Å². The molecule has 1 aliphatic carbocycles. The minimum absolute atomic E-state index is 0.444. The number of benzene rings is 1. The van der Waals surface area contributed by atoms with Crippen LogP contribution in [-0.4, -0.2) is 15.3 Å². The molecule has 136 valence electrons. The summed E-state index contributed by atoms with van der Waals surface area (Å²) in [6.07, 6.45) is 4.05. The molecular formula is C19H22N4O2S. The summed E-state index contributed by atoms with van der Waals surface area (Å²) in [6, 6.07) is 8.06. The number of thioether (sulfide) groups is 1. The number of aryl methyl sites for hydroxylation is 2. The van der Waals surface area contributed by atoms with Crippen molar-refractivity contribution in [2.24, 2.45) is 5.73 Å². The molecule has 1 aliphatic rings. The Balaban J connectivity index is 1.59. The molecule has 2 N–H and O–H groups in total. The Hall–Kier alpha value is -2.12. The predicted octanol–water partition coefficient (Wildman–Crippen LogP) is 4.36. The van der Waals surface area contributed by atoms with Crippen molar-refractivity contribution in [3.8, 4) is 11.5 Å². The van der Waals surface area contributed by atoms with Gasteiger partial charge in [-0.1, -0.05) is 35.3 Å². The Morgan fingerprint density at radius 2 is 1.88 bits per heavy atom. The van der Waals surface area contributed by atoms with Crippen LogP contribution in [0.3, 0.4) is 0 Å². The van der Waals surface area contributed by atoms with E-state index in [0.29, 0.717) is 11.7 Å². The molecule has 0 spiro atoms. The van der Waals surface area contributed by atoms with E-state index in [9.17, 15) is 0 Å². The quantitative estimate of drug-likeness (QED) is 0.667. The van der Waals surface area contributed by atoms with Crippen LogP contribution in [0.4, 0.5) is 0 Å². The van der Waals surface area contributed by atoms with Crippen LogP contribution >= 0.6 is 11.8 Å². The van der Waals surface area contributed by atoms with Crippen molar-refractivity contribution < 1.29 is 9.05 Å². The topological polar surface area (TPSA) is 91.0 Å². The molecule has 0 atom stereocenters. The predicted molar refractivity (Wildman–Crippen MR) is 99.6 cm³/mol. The fourth-order valence-electron chi connectivity index (χ4n) is 3.39. The lowest BCUT2D eigenvalue weighted by Crippen LogP contribution is -2.34. The minimum atomic E-state index is -0.444. The van der Waals surface area contributed by atoms with E-state index in [-0.39, 0.29) is 0 Å². The van der Waals surface area contributed by atoms with Crippen LogP contribution in [0.2, 0.25) is 0 Å². The SMILES string of the molecule is Cc1noc(C)c1CSc1ccccc1-c1nc(C2(N)CCCC2)no1. The van der Waals surface area contributed by atoms with Gasteiger partial charge in [0.2, 0.25) is 0 Å². The van der Waals surface area contributed by atoms with E-state index in [1.165, 1.54) is 0 Å². The number of rotatable bonds is 5. The Bertz CT molecular complexity index is 892. The molecule has 0 aliphatic heterocycles. The molecule has 7 heteroatoms. The van der Waals surface area contributed by atoms with Gasteiger partial charge >= 0.3 is 0 Å². The third-order valence-corrected chi connectivity index (χ3v) is 6.14. The summed E-state index contributed by atoms with van der Waals surface area (Å²) in [5.74, 6) is 2.79. The van der Waals surface area contributed by atoms with Gasteiger partial charge in [0, 0.05) is 16.2 Å². The van der Waals surface area contributed by atoms with Crippen LogP contribution < -0.4 is 5.73 Å². The van der Waals surface area contributed by atoms with Crippen molar-refractivity contribution in [2.45, 2.75) is 55.7 Å². The monoisotopic (exact) mass is 370 g/mol. The zero-order valence-corrected chi connectivity index (χ0v) is 15.8. The number of aromatic nitrogens is 3. The lowest BCUT2D eigenvalue weighted by Gasteiger charge is -2.17. The van der Waals surface area contributed by atoms with E-state index >= 15 is 0 Å². The first-order valence-corrected chi connectivity index (χ1v) is 9.82. The van der Waals surface area contributed by atoms with Crippen LogP contribution in [-0.2, 0) is 11.3 Å². The summed E-state index contributed by atoms with van der Waals surface area (Å²) in [7, 11) is 0. The van der Waals surface area contributed by atoms with E-state index in [1.54, 1.807) is 11.8 Å². The molecule has 6 nitrogen and oxygen atoms in total. The van der Waals surface area contributed by atoms with Crippen molar-refractivity contribution in [2.75, 3.05) is 0 Å². The maximum Gasteiger partial charge on any atom is 0.259 e. The maximum atomic E-state index is 6.46. The van der Waals surface area contributed by atoms with Crippen LogP contribution in [0, 0.1) is 13.8 Å². The van der Waals surface area contributed by atoms with E-state index in [1.807, 2.05) is 32.0 Å². The molecule has 2 aromatic heterocycles. The van der Waals surface area contributed by atoms with Crippen molar-refractivity contribution in [1.82, 2.24) is 15.3 Å². The highest BCUT2D eigenvalue weighted by Gasteiger charge is 2.36. The van der Waals surface area contributed by atoms with Gasteiger partial charge in [-0.15, -0.1) is 11.8 Å². The second-order valence-electron chi connectivity index (χ2n) is 6.87. The van der Waals surface area contributed by atoms with Crippen LogP contribution in [0.5, 0.6) is 0 Å². The average Bonchev–Trinajstić information content (AvgIpc) is 3.36. The van der Waals surface area contributed by atoms with E-state index < -0.39 is 5.54 Å². The third-order valence-electron chi connectivity index (χ3n) is 5.04. The Morgan fingerprint density at radius 1 is 1.12 bits per heavy atom. The van der Waals surface area contributed by atoms with E-state index in [4.69, 9.17) is 14.8 Å². The second kappa shape index (κ2) is 6.89. The lowest BCUT2D eigenvalue weighted by atomic mass is 9.99. The van der Waals surface area contributed by atoms with Gasteiger partial charge in [0.25, 0.3) is 5.89 Å². The number of nitrogens with zero attached hydrogens (tertiary/aromatic N) is 3. The summed E-state index contributed by atoms with van der Waals surface area (Å²) in [5.41, 5.74) is 9.01. The third kappa shape index (κ3) is 3.17. The first-order chi connectivity index (χ1) is 12.6. The molecule has 0 amide bonds. The molecule has 26 heavy (non-hydrogen) atoms. The number of hydrogen-bond acceptors (Lipinski definition) is 7. The molecule has 1 aromatic carbocycles. The van der Waals surface area contributed by atoms with Crippen molar-refractivity contribution in [1.29, 1.82) is 0 Å². The summed E-state index contributed by atoms with van der Waals surface area (Å²) >= 11 is 1.71. The van der Waals surface area contributed by atoms with Gasteiger partial charge < -0.3 is 14.8 Å². The largest absolute Gasteiger partial charge is 0.361 e. The molecule has 3 aromatic rings. The second-order valence-corrected chi connectivity index (χ2v) is 7.89. The van der Waals surface area contributed by atoms with Gasteiger partial charge in [0.1, 0.15) is 5.76 Å². The Kier molecular flexibility index (Phi) is 4.58. The standard InChI is InChI=1S/C19H22N4O2S/c1-12-15(13(2)24-22-12)11-26-16-8-4-3-7-14(16)17-21-18(23-25-17)19(20)9-5-6-10-19/h3-4,7-8H,5-6,9-11,20H2,1-2H3. The summed E-state index contributed by atoms with van der Waals surface area (Å²) in [4.78, 5) is 5.71. The normalized spacial score (nSPS) is 16.3. The smallest absolute Gasteiger partial charge is 0.259 e. The first-order valence-electron chi connectivity index (χ1n) is 8.84. The maximum absolute atomic E-state index is 6.46. The Labute approximate surface area is 156 Å². The molecule has 2 heterocycles. The highest BCUT2D eigenvalue weighted by molar-refractivity contribution is 7.98. The highest BCUT2D eigenvalue weighted by Crippen LogP contribution is 2.37. The summed E-state index contributed by atoms with van der Waals surface area (Å²) < 4.78 is 10.8. The van der Waals surface area contributed by atoms with Gasteiger partial charge in [-0.05, 0) is 38.8 Å². The van der Waals surface area contributed by atoms with Crippen molar-refractivity contribution in [3.63, 3.8) is 0 Å². The van der Waals surface area contributed by atoms with Crippen LogP contribution in [0.15, 0.2) is 38.2 Å². The van der Waals surface area contributed by atoms with Gasteiger partial charge in [-0.2, -0.15) is 4.98 Å². The molecule has 0 bridgehead atoms. The van der Waals surface area contributed by atoms with Gasteiger partial charge in [0.15, 0.2) is 5.82 Å². The van der Waals surface area contributed by atoms with Gasteiger partial charge in [-0.3, -0.25) is 0 Å². The van der Waals surface area contributed by atoms with Crippen LogP contribution in [0.1, 0.15) is 48.5 Å². The molecule has 1 saturated carbocycles. The van der Waals surface area contributed by atoms with Crippen molar-refractivity contribution in [3.05, 3.63) is 47.1 Å². The first kappa shape index (κ1) is 17.3. The zero-order chi connectivity index (χ0) is 18.1. The molecule has 0 unspecified atom stereocenters. The molecule has 1 fully saturated rings. The van der Waals surface area contributed by atoms with Gasteiger partial charge in [-0.25, -0.2) is 0 Å². The molecule has 4 rings (SSSR count). The summed E-state index contributed by atoms with van der Waals surface area (Å²) in [6.45, 7) is 3.90. The lowest BCUT2D eigenvalue weighted by molar-refractivity contribution is 0.372. The van der Waals surface area contributed by atoms with Crippen LogP contribution in [0.25, 0.3) is 11.5 Å². The number of hydrogen-bond donors (Lipinski definition) is 1. The minimum Gasteiger partial charge on any atom is -0.361 e. The van der Waals surface area contributed by atoms with Gasteiger partial charge in [0.05, 0.1) is 16.8 Å². The molecular weight excluding hydrogens is 348 g/mol.